The van der Waals surface area contributed by atoms with Crippen LogP contribution in [0.5, 0.6) is 0 Å². The van der Waals surface area contributed by atoms with E-state index in [4.69, 9.17) is 0 Å². The zero-order valence-electron chi connectivity index (χ0n) is 42.1. The molecule has 0 amide bonds. The molecule has 0 atom stereocenters. The van der Waals surface area contributed by atoms with Crippen LogP contribution >= 0.6 is 0 Å². The van der Waals surface area contributed by atoms with Gasteiger partial charge in [-0.05, 0) is 63.2 Å². The maximum atomic E-state index is 13.0. The minimum Gasteiger partial charge on any atom is -0.481 e. The molecule has 0 spiro atoms. The predicted octanol–water partition coefficient (Wildman–Crippen LogP) is 21.1. The first-order chi connectivity index (χ1) is 29.3. The summed E-state index contributed by atoms with van der Waals surface area (Å²) in [6.07, 6.45) is 68.0. The molecular formula is C58H112O2. The third-order valence-electron chi connectivity index (χ3n) is 13.7. The molecule has 0 saturated heterocycles. The fourth-order valence-corrected chi connectivity index (χ4v) is 9.42. The summed E-state index contributed by atoms with van der Waals surface area (Å²) in [5.74, 6) is 1.24. The monoisotopic (exact) mass is 841 g/mol. The highest BCUT2D eigenvalue weighted by atomic mass is 16.4. The van der Waals surface area contributed by atoms with Crippen LogP contribution in [0.4, 0.5) is 0 Å². The summed E-state index contributed by atoms with van der Waals surface area (Å²) in [5.41, 5.74) is -0.495. The van der Waals surface area contributed by atoms with Crippen molar-refractivity contribution in [1.82, 2.24) is 0 Å². The average molecular weight is 842 g/mol. The van der Waals surface area contributed by atoms with E-state index in [2.05, 4.69) is 58.9 Å². The van der Waals surface area contributed by atoms with E-state index in [1.54, 1.807) is 0 Å². The Balaban J connectivity index is 4.37. The lowest BCUT2D eigenvalue weighted by Crippen LogP contribution is -2.31. The van der Waals surface area contributed by atoms with E-state index in [-0.39, 0.29) is 0 Å². The van der Waals surface area contributed by atoms with Gasteiger partial charge in [-0.15, -0.1) is 0 Å². The third kappa shape index (κ3) is 43.6. The quantitative estimate of drug-likeness (QED) is 0.0489. The number of carboxylic acid groups (broad SMARTS) is 1. The van der Waals surface area contributed by atoms with Gasteiger partial charge in [0, 0.05) is 0 Å². The van der Waals surface area contributed by atoms with E-state index in [0.717, 1.165) is 63.2 Å². The van der Waals surface area contributed by atoms with Crippen molar-refractivity contribution in [3.8, 4) is 0 Å². The van der Waals surface area contributed by atoms with Crippen molar-refractivity contribution in [3.05, 3.63) is 24.3 Å². The fourth-order valence-electron chi connectivity index (χ4n) is 9.42. The Morgan fingerprint density at radius 2 is 0.617 bits per heavy atom. The zero-order valence-corrected chi connectivity index (χ0v) is 42.1. The number of carboxylic acids is 1. The first-order valence-electron chi connectivity index (χ1n) is 27.9. The second-order valence-electron chi connectivity index (χ2n) is 20.7. The van der Waals surface area contributed by atoms with Gasteiger partial charge in [-0.2, -0.15) is 0 Å². The molecule has 0 heterocycles. The summed E-state index contributed by atoms with van der Waals surface area (Å²) in [4.78, 5) is 13.0. The van der Waals surface area contributed by atoms with Crippen LogP contribution in [0.3, 0.4) is 0 Å². The topological polar surface area (TPSA) is 37.3 Å². The standard InChI is InChI=1S/C58H112O2/c1-6-7-8-9-10-11-12-13-22-27-32-37-42-47-52-58(57(59)60,53-48-43-38-33-28-23-18-14-16-20-25-30-35-40-45-50-55(2)3)54-49-44-39-34-29-24-19-15-17-21-26-31-36-41-46-51-56(4)5/h10-11,13,22,55-56H,6-9,12,14-21,23-54H2,1-5H3,(H,59,60). The van der Waals surface area contributed by atoms with E-state index in [9.17, 15) is 9.90 Å². The molecular weight excluding hydrogens is 729 g/mol. The number of unbranched alkanes of at least 4 members (excludes halogenated alkanes) is 35. The second-order valence-corrected chi connectivity index (χ2v) is 20.7. The smallest absolute Gasteiger partial charge is 0.309 e. The van der Waals surface area contributed by atoms with E-state index < -0.39 is 11.4 Å². The molecule has 0 aromatic heterocycles. The van der Waals surface area contributed by atoms with Crippen LogP contribution in [0.2, 0.25) is 0 Å². The minimum atomic E-state index is -0.495. The third-order valence-corrected chi connectivity index (χ3v) is 13.7. The molecule has 0 unspecified atom stereocenters. The van der Waals surface area contributed by atoms with E-state index in [1.807, 2.05) is 0 Å². The molecule has 0 bridgehead atoms. The summed E-state index contributed by atoms with van der Waals surface area (Å²) in [7, 11) is 0. The Kier molecular flexibility index (Phi) is 46.6. The van der Waals surface area contributed by atoms with Gasteiger partial charge in [0.2, 0.25) is 0 Å². The number of allylic oxidation sites excluding steroid dienone is 4. The molecule has 0 fully saturated rings. The van der Waals surface area contributed by atoms with Gasteiger partial charge in [-0.3, -0.25) is 4.79 Å². The predicted molar refractivity (Wildman–Crippen MR) is 271 cm³/mol. The fraction of sp³-hybridized carbons (Fsp3) is 0.914. The largest absolute Gasteiger partial charge is 0.481 e. The molecule has 2 heteroatoms. The van der Waals surface area contributed by atoms with Crippen molar-refractivity contribution in [2.45, 2.75) is 324 Å². The van der Waals surface area contributed by atoms with Gasteiger partial charge >= 0.3 is 5.97 Å². The highest BCUT2D eigenvalue weighted by molar-refractivity contribution is 5.74. The molecule has 0 rings (SSSR count). The van der Waals surface area contributed by atoms with Crippen molar-refractivity contribution in [1.29, 1.82) is 0 Å². The number of aliphatic carboxylic acids is 1. The van der Waals surface area contributed by atoms with Gasteiger partial charge in [0.25, 0.3) is 0 Å². The number of hydrogen-bond donors (Lipinski definition) is 1. The zero-order chi connectivity index (χ0) is 43.9. The molecule has 0 aliphatic carbocycles. The molecule has 2 nitrogen and oxygen atoms in total. The summed E-state index contributed by atoms with van der Waals surface area (Å²) in [6.45, 7) is 11.6. The minimum absolute atomic E-state index is 0.495. The van der Waals surface area contributed by atoms with Crippen molar-refractivity contribution in [2.24, 2.45) is 17.3 Å². The molecule has 0 radical (unpaired) electrons. The van der Waals surface area contributed by atoms with Gasteiger partial charge in [0.05, 0.1) is 5.41 Å². The van der Waals surface area contributed by atoms with Crippen LogP contribution in [0.1, 0.15) is 324 Å². The van der Waals surface area contributed by atoms with Crippen LogP contribution in [-0.2, 0) is 4.79 Å². The Morgan fingerprint density at radius 1 is 0.367 bits per heavy atom. The lowest BCUT2D eigenvalue weighted by atomic mass is 9.74. The molecule has 0 aromatic rings. The highest BCUT2D eigenvalue weighted by Gasteiger charge is 2.36. The van der Waals surface area contributed by atoms with Crippen LogP contribution in [0.25, 0.3) is 0 Å². The van der Waals surface area contributed by atoms with Gasteiger partial charge in [0.15, 0.2) is 0 Å². The lowest BCUT2D eigenvalue weighted by molar-refractivity contribution is -0.150. The first kappa shape index (κ1) is 58.9. The SMILES string of the molecule is CCCCCC=CCC=CCCCCCCC(CCCCCCCCCCCCCCCCCC(C)C)(CCCCCCCCCCCCCCCCCC(C)C)C(=O)O. The van der Waals surface area contributed by atoms with Crippen molar-refractivity contribution >= 4 is 5.97 Å². The molecule has 356 valence electrons. The van der Waals surface area contributed by atoms with E-state index in [1.165, 1.54) is 238 Å². The summed E-state index contributed by atoms with van der Waals surface area (Å²) in [6, 6.07) is 0. The normalized spacial score (nSPS) is 12.4. The summed E-state index contributed by atoms with van der Waals surface area (Å²) >= 11 is 0. The molecule has 0 aromatic carbocycles. The Bertz CT molecular complexity index is 856. The van der Waals surface area contributed by atoms with Crippen LogP contribution in [-0.4, -0.2) is 11.1 Å². The summed E-state index contributed by atoms with van der Waals surface area (Å²) in [5, 5.41) is 10.7. The van der Waals surface area contributed by atoms with Crippen LogP contribution in [0.15, 0.2) is 24.3 Å². The maximum Gasteiger partial charge on any atom is 0.309 e. The molecule has 60 heavy (non-hydrogen) atoms. The van der Waals surface area contributed by atoms with Gasteiger partial charge < -0.3 is 5.11 Å². The Hall–Kier alpha value is -1.05. The molecule has 0 aliphatic heterocycles. The van der Waals surface area contributed by atoms with Crippen LogP contribution in [0, 0.1) is 17.3 Å². The molecule has 0 saturated carbocycles. The molecule has 0 aliphatic rings. The van der Waals surface area contributed by atoms with Crippen molar-refractivity contribution in [3.63, 3.8) is 0 Å². The summed E-state index contributed by atoms with van der Waals surface area (Å²) < 4.78 is 0. The van der Waals surface area contributed by atoms with E-state index >= 15 is 0 Å². The van der Waals surface area contributed by atoms with Gasteiger partial charge in [-0.25, -0.2) is 0 Å². The van der Waals surface area contributed by atoms with Crippen LogP contribution < -0.4 is 0 Å². The Labute approximate surface area is 379 Å². The first-order valence-corrected chi connectivity index (χ1v) is 27.9. The van der Waals surface area contributed by atoms with Gasteiger partial charge in [-0.1, -0.05) is 296 Å². The highest BCUT2D eigenvalue weighted by Crippen LogP contribution is 2.38. The number of hydrogen-bond acceptors (Lipinski definition) is 1. The molecule has 1 N–H and O–H groups in total. The van der Waals surface area contributed by atoms with E-state index in [0.29, 0.717) is 0 Å². The van der Waals surface area contributed by atoms with Crippen molar-refractivity contribution < 1.29 is 9.90 Å². The lowest BCUT2D eigenvalue weighted by Gasteiger charge is -2.30. The second kappa shape index (κ2) is 47.4. The maximum absolute atomic E-state index is 13.0. The van der Waals surface area contributed by atoms with Gasteiger partial charge in [0.1, 0.15) is 0 Å². The Morgan fingerprint density at radius 3 is 0.883 bits per heavy atom. The number of rotatable bonds is 50. The number of carbonyl (C=O) groups is 1. The average Bonchev–Trinajstić information content (AvgIpc) is 3.22. The van der Waals surface area contributed by atoms with Crippen molar-refractivity contribution in [2.75, 3.05) is 0 Å².